The highest BCUT2D eigenvalue weighted by atomic mass is 79.9. The van der Waals surface area contributed by atoms with E-state index in [4.69, 9.17) is 9.15 Å². The van der Waals surface area contributed by atoms with Gasteiger partial charge in [-0.25, -0.2) is 5.43 Å². The number of amides is 3. The van der Waals surface area contributed by atoms with E-state index < -0.39 is 11.8 Å². The third-order valence-corrected chi connectivity index (χ3v) is 5.15. The minimum Gasteiger partial charge on any atom is -0.484 e. The quantitative estimate of drug-likeness (QED) is 0.243. The van der Waals surface area contributed by atoms with Crippen LogP contribution in [0.15, 0.2) is 74.9 Å². The van der Waals surface area contributed by atoms with Crippen LogP contribution in [0.25, 0.3) is 0 Å². The second-order valence-corrected chi connectivity index (χ2v) is 7.69. The number of hydrogen-bond donors (Lipinski definition) is 3. The van der Waals surface area contributed by atoms with Crippen molar-refractivity contribution < 1.29 is 23.5 Å². The minimum atomic E-state index is -0.912. The number of benzene rings is 2. The first-order chi connectivity index (χ1) is 15.9. The lowest BCUT2D eigenvalue weighted by molar-refractivity contribution is -0.139. The largest absolute Gasteiger partial charge is 0.484 e. The summed E-state index contributed by atoms with van der Waals surface area (Å²) in [6.45, 7) is 1.85. The van der Waals surface area contributed by atoms with Gasteiger partial charge < -0.3 is 19.8 Å². The molecular formula is C23H21BrN4O5. The molecule has 170 valence electrons. The van der Waals surface area contributed by atoms with Gasteiger partial charge in [-0.15, -0.1) is 0 Å². The lowest BCUT2D eigenvalue weighted by Crippen LogP contribution is -2.37. The highest BCUT2D eigenvalue weighted by Gasteiger charge is 2.12. The molecule has 0 unspecified atom stereocenters. The summed E-state index contributed by atoms with van der Waals surface area (Å²) in [4.78, 5) is 35.7. The standard InChI is InChI=1S/C23H21BrN4O5/c1-15-10-17(7-8-20(15)24)27-21(29)14-33-18-5-2-4-16(11-18)12-26-28-23(31)22(30)25-13-19-6-3-9-32-19/h2-12H,13-14H2,1H3,(H,25,30)(H,27,29)(H,28,31)/b26-12-. The fourth-order valence-electron chi connectivity index (χ4n) is 2.63. The number of hydrogen-bond acceptors (Lipinski definition) is 6. The molecule has 2 aromatic carbocycles. The van der Waals surface area contributed by atoms with Crippen LogP contribution < -0.4 is 20.8 Å². The Morgan fingerprint density at radius 3 is 2.70 bits per heavy atom. The Bertz CT molecular complexity index is 1160. The van der Waals surface area contributed by atoms with Gasteiger partial charge in [0.1, 0.15) is 11.5 Å². The lowest BCUT2D eigenvalue weighted by atomic mass is 10.2. The normalized spacial score (nSPS) is 10.6. The Morgan fingerprint density at radius 1 is 1.09 bits per heavy atom. The molecule has 0 radical (unpaired) electrons. The molecule has 1 heterocycles. The van der Waals surface area contributed by atoms with Gasteiger partial charge in [-0.05, 0) is 60.5 Å². The van der Waals surface area contributed by atoms with Crippen molar-refractivity contribution in [3.63, 3.8) is 0 Å². The first-order valence-corrected chi connectivity index (χ1v) is 10.6. The topological polar surface area (TPSA) is 122 Å². The van der Waals surface area contributed by atoms with E-state index in [-0.39, 0.29) is 19.1 Å². The van der Waals surface area contributed by atoms with Crippen molar-refractivity contribution >= 4 is 45.6 Å². The first-order valence-electron chi connectivity index (χ1n) is 9.83. The number of anilines is 1. The second-order valence-electron chi connectivity index (χ2n) is 6.83. The average molecular weight is 513 g/mol. The van der Waals surface area contributed by atoms with Gasteiger partial charge in [-0.2, -0.15) is 5.10 Å². The highest BCUT2D eigenvalue weighted by Crippen LogP contribution is 2.20. The summed E-state index contributed by atoms with van der Waals surface area (Å²) in [6, 6.07) is 15.6. The predicted molar refractivity (Wildman–Crippen MR) is 126 cm³/mol. The zero-order valence-corrected chi connectivity index (χ0v) is 19.2. The van der Waals surface area contributed by atoms with Gasteiger partial charge in [0.15, 0.2) is 6.61 Å². The van der Waals surface area contributed by atoms with Crippen molar-refractivity contribution in [2.75, 3.05) is 11.9 Å². The molecule has 0 atom stereocenters. The Labute approximate surface area is 198 Å². The summed E-state index contributed by atoms with van der Waals surface area (Å²) in [7, 11) is 0. The van der Waals surface area contributed by atoms with Gasteiger partial charge in [0.2, 0.25) is 0 Å². The van der Waals surface area contributed by atoms with Crippen molar-refractivity contribution in [3.05, 3.63) is 82.2 Å². The molecule has 0 aliphatic heterocycles. The first kappa shape index (κ1) is 23.7. The maximum Gasteiger partial charge on any atom is 0.329 e. The molecule has 0 aliphatic carbocycles. The molecule has 3 rings (SSSR count). The summed E-state index contributed by atoms with van der Waals surface area (Å²) in [6.07, 6.45) is 2.83. The van der Waals surface area contributed by atoms with E-state index in [9.17, 15) is 14.4 Å². The average Bonchev–Trinajstić information content (AvgIpc) is 3.32. The van der Waals surface area contributed by atoms with Crippen LogP contribution in [0.4, 0.5) is 5.69 Å². The van der Waals surface area contributed by atoms with E-state index >= 15 is 0 Å². The number of hydrazone groups is 1. The summed E-state index contributed by atoms with van der Waals surface area (Å²) in [5.74, 6) is -1.08. The molecule has 3 N–H and O–H groups in total. The number of carbonyl (C=O) groups excluding carboxylic acids is 3. The van der Waals surface area contributed by atoms with E-state index in [0.717, 1.165) is 10.0 Å². The number of ether oxygens (including phenoxy) is 1. The van der Waals surface area contributed by atoms with Crippen LogP contribution in [0.3, 0.4) is 0 Å². The fourth-order valence-corrected chi connectivity index (χ4v) is 2.88. The third kappa shape index (κ3) is 7.62. The van der Waals surface area contributed by atoms with Crippen LogP contribution in [0.2, 0.25) is 0 Å². The van der Waals surface area contributed by atoms with Crippen LogP contribution in [0.1, 0.15) is 16.9 Å². The molecule has 1 aromatic heterocycles. The molecule has 0 spiro atoms. The van der Waals surface area contributed by atoms with Crippen molar-refractivity contribution in [3.8, 4) is 5.75 Å². The van der Waals surface area contributed by atoms with Crippen LogP contribution in [0, 0.1) is 6.92 Å². The number of aryl methyl sites for hydroxylation is 1. The zero-order valence-electron chi connectivity index (χ0n) is 17.6. The SMILES string of the molecule is Cc1cc(NC(=O)COc2cccc(/C=N\NC(=O)C(=O)NCc3ccco3)c2)ccc1Br. The highest BCUT2D eigenvalue weighted by molar-refractivity contribution is 9.10. The minimum absolute atomic E-state index is 0.0946. The molecule has 0 bridgehead atoms. The molecule has 3 amide bonds. The Morgan fingerprint density at radius 2 is 1.94 bits per heavy atom. The van der Waals surface area contributed by atoms with Gasteiger partial charge in [0.25, 0.3) is 5.91 Å². The van der Waals surface area contributed by atoms with Crippen molar-refractivity contribution in [1.82, 2.24) is 10.7 Å². The third-order valence-electron chi connectivity index (χ3n) is 4.26. The van der Waals surface area contributed by atoms with Crippen LogP contribution in [-0.4, -0.2) is 30.5 Å². The second kappa shape index (κ2) is 11.6. The van der Waals surface area contributed by atoms with Gasteiger partial charge >= 0.3 is 11.8 Å². The van der Waals surface area contributed by atoms with Gasteiger partial charge in [0, 0.05) is 10.2 Å². The van der Waals surface area contributed by atoms with Gasteiger partial charge in [-0.1, -0.05) is 28.1 Å². The van der Waals surface area contributed by atoms with Crippen molar-refractivity contribution in [2.24, 2.45) is 5.10 Å². The molecule has 10 heteroatoms. The zero-order chi connectivity index (χ0) is 23.6. The Hall–Kier alpha value is -3.92. The number of nitrogens with zero attached hydrogens (tertiary/aromatic N) is 1. The van der Waals surface area contributed by atoms with E-state index in [0.29, 0.717) is 22.8 Å². The van der Waals surface area contributed by atoms with Gasteiger partial charge in [0.05, 0.1) is 19.0 Å². The molecule has 0 saturated heterocycles. The smallest absolute Gasteiger partial charge is 0.329 e. The van der Waals surface area contributed by atoms with Crippen molar-refractivity contribution in [2.45, 2.75) is 13.5 Å². The Balaban J connectivity index is 1.45. The maximum absolute atomic E-state index is 12.1. The molecule has 33 heavy (non-hydrogen) atoms. The molecule has 0 fully saturated rings. The summed E-state index contributed by atoms with van der Waals surface area (Å²) < 4.78 is 11.6. The summed E-state index contributed by atoms with van der Waals surface area (Å²) >= 11 is 3.42. The number of furan rings is 1. The van der Waals surface area contributed by atoms with Gasteiger partial charge in [-0.3, -0.25) is 14.4 Å². The lowest BCUT2D eigenvalue weighted by Gasteiger charge is -2.09. The fraction of sp³-hybridized carbons (Fsp3) is 0.130. The summed E-state index contributed by atoms with van der Waals surface area (Å²) in [5.41, 5.74) is 4.43. The number of carbonyl (C=O) groups is 3. The van der Waals surface area contributed by atoms with E-state index in [1.54, 1.807) is 42.5 Å². The monoisotopic (exact) mass is 512 g/mol. The number of rotatable bonds is 8. The molecular weight excluding hydrogens is 492 g/mol. The van der Waals surface area contributed by atoms with Crippen LogP contribution in [-0.2, 0) is 20.9 Å². The number of halogens is 1. The maximum atomic E-state index is 12.1. The van der Waals surface area contributed by atoms with E-state index in [1.807, 2.05) is 19.1 Å². The molecule has 3 aromatic rings. The molecule has 9 nitrogen and oxygen atoms in total. The molecule has 0 saturated carbocycles. The summed E-state index contributed by atoms with van der Waals surface area (Å²) in [5, 5.41) is 8.95. The Kier molecular flexibility index (Phi) is 8.36. The predicted octanol–water partition coefficient (Wildman–Crippen LogP) is 3.13. The van der Waals surface area contributed by atoms with E-state index in [1.165, 1.54) is 12.5 Å². The van der Waals surface area contributed by atoms with E-state index in [2.05, 4.69) is 37.1 Å². The van der Waals surface area contributed by atoms with Crippen molar-refractivity contribution in [1.29, 1.82) is 0 Å². The molecule has 0 aliphatic rings. The van der Waals surface area contributed by atoms with Crippen LogP contribution in [0.5, 0.6) is 5.75 Å². The van der Waals surface area contributed by atoms with Crippen LogP contribution >= 0.6 is 15.9 Å². The number of nitrogens with one attached hydrogen (secondary N) is 3.